The van der Waals surface area contributed by atoms with Crippen LogP contribution in [0.4, 0.5) is 8.78 Å². The summed E-state index contributed by atoms with van der Waals surface area (Å²) in [6.45, 7) is 2.03. The van der Waals surface area contributed by atoms with E-state index in [1.807, 2.05) is 6.07 Å². The van der Waals surface area contributed by atoms with E-state index in [0.717, 1.165) is 12.1 Å². The predicted molar refractivity (Wildman–Crippen MR) is 87.7 cm³/mol. The molecule has 0 N–H and O–H groups in total. The molecule has 25 heavy (non-hydrogen) atoms. The van der Waals surface area contributed by atoms with E-state index in [4.69, 9.17) is 26.3 Å². The van der Waals surface area contributed by atoms with E-state index >= 15 is 0 Å². The van der Waals surface area contributed by atoms with Gasteiger partial charge < -0.3 is 9.47 Å². The van der Waals surface area contributed by atoms with Crippen molar-refractivity contribution in [2.75, 3.05) is 6.61 Å². The van der Waals surface area contributed by atoms with Gasteiger partial charge in [0.2, 0.25) is 0 Å². The fourth-order valence-corrected chi connectivity index (χ4v) is 2.35. The van der Waals surface area contributed by atoms with Gasteiger partial charge in [-0.25, -0.2) is 8.78 Å². The van der Waals surface area contributed by atoms with Crippen LogP contribution in [0, 0.1) is 23.0 Å². The number of ether oxygens (including phenoxy) is 2. The monoisotopic (exact) mass is 365 g/mol. The molecule has 0 aliphatic rings. The molecule has 130 valence electrons. The van der Waals surface area contributed by atoms with E-state index in [-0.39, 0.29) is 34.9 Å². The quantitative estimate of drug-likeness (QED) is 0.561. The number of aryl methyl sites for hydroxylation is 1. The Morgan fingerprint density at radius 2 is 2.00 bits per heavy atom. The van der Waals surface area contributed by atoms with Crippen molar-refractivity contribution < 1.29 is 23.0 Å². The van der Waals surface area contributed by atoms with Crippen LogP contribution in [-0.4, -0.2) is 12.6 Å². The first-order valence-electron chi connectivity index (χ1n) is 7.45. The first-order valence-corrected chi connectivity index (χ1v) is 7.83. The van der Waals surface area contributed by atoms with Crippen LogP contribution < -0.4 is 9.47 Å². The van der Waals surface area contributed by atoms with Crippen LogP contribution in [0.1, 0.15) is 24.5 Å². The van der Waals surface area contributed by atoms with Crippen molar-refractivity contribution in [1.29, 1.82) is 5.26 Å². The number of carbonyl (C=O) groups excluding carboxylic acids is 1. The lowest BCUT2D eigenvalue weighted by Crippen LogP contribution is -2.11. The number of halogens is 3. The van der Waals surface area contributed by atoms with Crippen LogP contribution >= 0.6 is 11.6 Å². The Hall–Kier alpha value is -2.65. The molecule has 0 saturated heterocycles. The lowest BCUT2D eigenvalue weighted by Gasteiger charge is -2.12. The topological polar surface area (TPSA) is 59.3 Å². The van der Waals surface area contributed by atoms with Crippen LogP contribution in [-0.2, 0) is 11.2 Å². The summed E-state index contributed by atoms with van der Waals surface area (Å²) in [5.41, 5.74) is 0.738. The molecule has 0 bridgehead atoms. The zero-order chi connectivity index (χ0) is 18.4. The van der Waals surface area contributed by atoms with Gasteiger partial charge in [0, 0.05) is 12.5 Å². The molecule has 0 saturated carbocycles. The molecule has 0 fully saturated rings. The highest BCUT2D eigenvalue weighted by atomic mass is 35.5. The third kappa shape index (κ3) is 4.91. The number of benzene rings is 2. The smallest absolute Gasteiger partial charge is 0.311 e. The normalized spacial score (nSPS) is 10.2. The Balaban J connectivity index is 2.09. The Bertz CT molecular complexity index is 834. The number of nitrogens with zero attached hydrogens (tertiary/aromatic N) is 1. The minimum Gasteiger partial charge on any atom is -0.490 e. The Morgan fingerprint density at radius 3 is 2.64 bits per heavy atom. The molecule has 2 aromatic rings. The van der Waals surface area contributed by atoms with E-state index in [1.165, 1.54) is 18.2 Å². The first-order chi connectivity index (χ1) is 11.9. The molecule has 0 aliphatic carbocycles. The lowest BCUT2D eigenvalue weighted by molar-refractivity contribution is -0.134. The summed E-state index contributed by atoms with van der Waals surface area (Å²) in [4.78, 5) is 12.0. The molecule has 0 unspecified atom stereocenters. The summed E-state index contributed by atoms with van der Waals surface area (Å²) in [6, 6.07) is 8.15. The third-order valence-electron chi connectivity index (χ3n) is 3.26. The molecule has 0 heterocycles. The van der Waals surface area contributed by atoms with Gasteiger partial charge in [-0.3, -0.25) is 4.79 Å². The number of nitriles is 1. The maximum atomic E-state index is 13.2. The summed E-state index contributed by atoms with van der Waals surface area (Å²) >= 11 is 6.05. The Morgan fingerprint density at radius 1 is 1.24 bits per heavy atom. The second-order valence-electron chi connectivity index (χ2n) is 5.05. The molecule has 0 aromatic heterocycles. The van der Waals surface area contributed by atoms with Crippen molar-refractivity contribution in [2.24, 2.45) is 0 Å². The summed E-state index contributed by atoms with van der Waals surface area (Å²) in [6.07, 6.45) is 0.112. The molecule has 0 amide bonds. The van der Waals surface area contributed by atoms with Gasteiger partial charge >= 0.3 is 5.97 Å². The van der Waals surface area contributed by atoms with Gasteiger partial charge in [0.1, 0.15) is 0 Å². The average molecular weight is 366 g/mol. The summed E-state index contributed by atoms with van der Waals surface area (Å²) < 4.78 is 36.6. The fraction of sp³-hybridized carbons (Fsp3) is 0.222. The number of carbonyl (C=O) groups is 1. The second kappa shape index (κ2) is 8.45. The van der Waals surface area contributed by atoms with E-state index in [2.05, 4.69) is 0 Å². The Kier molecular flexibility index (Phi) is 6.31. The van der Waals surface area contributed by atoms with Gasteiger partial charge in [-0.15, -0.1) is 0 Å². The first kappa shape index (κ1) is 18.7. The largest absolute Gasteiger partial charge is 0.490 e. The third-order valence-corrected chi connectivity index (χ3v) is 3.54. The van der Waals surface area contributed by atoms with Gasteiger partial charge in [0.05, 0.1) is 23.3 Å². The highest BCUT2D eigenvalue weighted by Gasteiger charge is 2.16. The molecular weight excluding hydrogens is 352 g/mol. The van der Waals surface area contributed by atoms with Crippen molar-refractivity contribution in [1.82, 2.24) is 0 Å². The zero-order valence-electron chi connectivity index (χ0n) is 13.3. The van der Waals surface area contributed by atoms with E-state index in [0.29, 0.717) is 12.2 Å². The molecule has 0 atom stereocenters. The molecular formula is C18H14ClF2NO3. The van der Waals surface area contributed by atoms with E-state index in [9.17, 15) is 13.6 Å². The molecule has 4 nitrogen and oxygen atoms in total. The standard InChI is InChI=1S/C18H14ClF2NO3/c1-2-24-16-9-12(10-22)7-13(19)18(16)25-17(23)6-4-11-3-5-14(20)15(21)8-11/h3,5,7-9H,2,4,6H2,1H3. The molecule has 0 radical (unpaired) electrons. The van der Waals surface area contributed by atoms with Gasteiger partial charge in [0.15, 0.2) is 23.1 Å². The number of esters is 1. The lowest BCUT2D eigenvalue weighted by atomic mass is 10.1. The van der Waals surface area contributed by atoms with Crippen LogP contribution in [0.5, 0.6) is 11.5 Å². The predicted octanol–water partition coefficient (Wildman–Crippen LogP) is 4.43. The Labute approximate surface area is 148 Å². The minimum absolute atomic E-state index is 0.0257. The molecule has 0 spiro atoms. The highest BCUT2D eigenvalue weighted by Crippen LogP contribution is 2.36. The number of hydrogen-bond acceptors (Lipinski definition) is 4. The molecule has 2 aromatic carbocycles. The van der Waals surface area contributed by atoms with Crippen LogP contribution in [0.3, 0.4) is 0 Å². The summed E-state index contributed by atoms with van der Waals surface area (Å²) in [5.74, 6) is -2.32. The van der Waals surface area contributed by atoms with Gasteiger partial charge in [0.25, 0.3) is 0 Å². The van der Waals surface area contributed by atoms with E-state index in [1.54, 1.807) is 6.92 Å². The average Bonchev–Trinajstić information content (AvgIpc) is 2.59. The maximum absolute atomic E-state index is 13.2. The SMILES string of the molecule is CCOc1cc(C#N)cc(Cl)c1OC(=O)CCc1ccc(F)c(F)c1. The summed E-state index contributed by atoms with van der Waals surface area (Å²) in [7, 11) is 0. The molecule has 7 heteroatoms. The number of hydrogen-bond donors (Lipinski definition) is 0. The summed E-state index contributed by atoms with van der Waals surface area (Å²) in [5, 5.41) is 9.02. The van der Waals surface area contributed by atoms with Crippen LogP contribution in [0.15, 0.2) is 30.3 Å². The maximum Gasteiger partial charge on any atom is 0.311 e. The van der Waals surface area contributed by atoms with Crippen LogP contribution in [0.2, 0.25) is 5.02 Å². The van der Waals surface area contributed by atoms with Crippen molar-refractivity contribution in [2.45, 2.75) is 19.8 Å². The fourth-order valence-electron chi connectivity index (χ4n) is 2.10. The van der Waals surface area contributed by atoms with Gasteiger partial charge in [-0.2, -0.15) is 5.26 Å². The zero-order valence-corrected chi connectivity index (χ0v) is 14.1. The van der Waals surface area contributed by atoms with Crippen molar-refractivity contribution in [3.8, 4) is 17.6 Å². The van der Waals surface area contributed by atoms with Gasteiger partial charge in [-0.05, 0) is 37.1 Å². The minimum atomic E-state index is -0.973. The van der Waals surface area contributed by atoms with Crippen molar-refractivity contribution in [3.63, 3.8) is 0 Å². The van der Waals surface area contributed by atoms with E-state index < -0.39 is 17.6 Å². The van der Waals surface area contributed by atoms with Crippen LogP contribution in [0.25, 0.3) is 0 Å². The number of rotatable bonds is 6. The van der Waals surface area contributed by atoms with Gasteiger partial charge in [-0.1, -0.05) is 17.7 Å². The highest BCUT2D eigenvalue weighted by molar-refractivity contribution is 6.32. The van der Waals surface area contributed by atoms with Crippen molar-refractivity contribution >= 4 is 17.6 Å². The molecule has 2 rings (SSSR count). The van der Waals surface area contributed by atoms with Crippen molar-refractivity contribution in [3.05, 3.63) is 58.1 Å². The second-order valence-corrected chi connectivity index (χ2v) is 5.46. The molecule has 0 aliphatic heterocycles.